The fourth-order valence-corrected chi connectivity index (χ4v) is 2.47. The molecule has 5 nitrogen and oxygen atoms in total. The van der Waals surface area contributed by atoms with E-state index in [1.54, 1.807) is 31.3 Å². The summed E-state index contributed by atoms with van der Waals surface area (Å²) in [6.07, 6.45) is 0. The van der Waals surface area contributed by atoms with E-state index in [9.17, 15) is 9.59 Å². The zero-order chi connectivity index (χ0) is 18.4. The summed E-state index contributed by atoms with van der Waals surface area (Å²) >= 11 is 6.01. The molecule has 2 aromatic rings. The van der Waals surface area contributed by atoms with Crippen LogP contribution in [0.5, 0.6) is 0 Å². The van der Waals surface area contributed by atoms with Gasteiger partial charge in [-0.15, -0.1) is 0 Å². The quantitative estimate of drug-likeness (QED) is 0.830. The topological polar surface area (TPSA) is 61.4 Å². The molecule has 0 radical (unpaired) electrons. The smallest absolute Gasteiger partial charge is 0.244 e. The standard InChI is InChI=1S/C19H22ClN3O2/c1-13-8-9-14(2)17(10-13)21-11-19(25)23(3)12-18(24)22-16-7-5-4-6-15(16)20/h4-10,21H,11-12H2,1-3H3,(H,22,24). The molecule has 0 spiro atoms. The van der Waals surface area contributed by atoms with Crippen LogP contribution in [0.15, 0.2) is 42.5 Å². The maximum Gasteiger partial charge on any atom is 0.244 e. The highest BCUT2D eigenvalue weighted by Gasteiger charge is 2.14. The summed E-state index contributed by atoms with van der Waals surface area (Å²) in [5, 5.41) is 6.28. The third-order valence-electron chi connectivity index (χ3n) is 3.78. The van der Waals surface area contributed by atoms with Crippen molar-refractivity contribution in [1.82, 2.24) is 4.90 Å². The Morgan fingerprint density at radius 2 is 1.80 bits per heavy atom. The number of nitrogens with one attached hydrogen (secondary N) is 2. The molecule has 2 amide bonds. The van der Waals surface area contributed by atoms with Crippen molar-refractivity contribution >= 4 is 34.8 Å². The molecule has 0 aliphatic heterocycles. The van der Waals surface area contributed by atoms with Crippen LogP contribution in [0.4, 0.5) is 11.4 Å². The lowest BCUT2D eigenvalue weighted by Gasteiger charge is -2.18. The van der Waals surface area contributed by atoms with Crippen molar-refractivity contribution in [2.75, 3.05) is 30.8 Å². The van der Waals surface area contributed by atoms with Gasteiger partial charge < -0.3 is 15.5 Å². The lowest BCUT2D eigenvalue weighted by Crippen LogP contribution is -2.38. The van der Waals surface area contributed by atoms with E-state index >= 15 is 0 Å². The van der Waals surface area contributed by atoms with E-state index in [1.807, 2.05) is 32.0 Å². The summed E-state index contributed by atoms with van der Waals surface area (Å²) in [7, 11) is 1.60. The summed E-state index contributed by atoms with van der Waals surface area (Å²) in [5.41, 5.74) is 3.64. The molecule has 0 saturated heterocycles. The number of hydrogen-bond donors (Lipinski definition) is 2. The third kappa shape index (κ3) is 5.50. The first-order chi connectivity index (χ1) is 11.9. The van der Waals surface area contributed by atoms with Crippen LogP contribution in [0, 0.1) is 13.8 Å². The van der Waals surface area contributed by atoms with Crippen LogP contribution in [0.2, 0.25) is 5.02 Å². The minimum atomic E-state index is -0.296. The Morgan fingerprint density at radius 1 is 1.08 bits per heavy atom. The summed E-state index contributed by atoms with van der Waals surface area (Å²) in [5.74, 6) is -0.467. The molecular formula is C19H22ClN3O2. The molecular weight excluding hydrogens is 338 g/mol. The van der Waals surface area contributed by atoms with Crippen molar-refractivity contribution in [3.05, 3.63) is 58.6 Å². The van der Waals surface area contributed by atoms with Crippen molar-refractivity contribution < 1.29 is 9.59 Å². The van der Waals surface area contributed by atoms with Crippen LogP contribution in [0.3, 0.4) is 0 Å². The monoisotopic (exact) mass is 359 g/mol. The number of likely N-dealkylation sites (N-methyl/N-ethyl adjacent to an activating group) is 1. The van der Waals surface area contributed by atoms with Gasteiger partial charge in [0.05, 0.1) is 23.8 Å². The Balaban J connectivity index is 1.86. The van der Waals surface area contributed by atoms with Gasteiger partial charge in [0.15, 0.2) is 0 Å². The zero-order valence-electron chi connectivity index (χ0n) is 14.6. The van der Waals surface area contributed by atoms with Crippen LogP contribution in [0.1, 0.15) is 11.1 Å². The number of hydrogen-bond acceptors (Lipinski definition) is 3. The molecule has 0 aromatic heterocycles. The van der Waals surface area contributed by atoms with Gasteiger partial charge in [0.2, 0.25) is 11.8 Å². The molecule has 2 rings (SSSR count). The van der Waals surface area contributed by atoms with Gasteiger partial charge in [-0.3, -0.25) is 9.59 Å². The van der Waals surface area contributed by atoms with Gasteiger partial charge in [-0.25, -0.2) is 0 Å². The Bertz CT molecular complexity index is 777. The first-order valence-electron chi connectivity index (χ1n) is 7.96. The summed E-state index contributed by atoms with van der Waals surface area (Å²) < 4.78 is 0. The summed E-state index contributed by atoms with van der Waals surface area (Å²) in [6.45, 7) is 4.06. The molecule has 2 N–H and O–H groups in total. The average molecular weight is 360 g/mol. The number of aryl methyl sites for hydroxylation is 2. The highest BCUT2D eigenvalue weighted by atomic mass is 35.5. The highest BCUT2D eigenvalue weighted by molar-refractivity contribution is 6.33. The molecule has 6 heteroatoms. The first-order valence-corrected chi connectivity index (χ1v) is 8.34. The predicted molar refractivity (Wildman–Crippen MR) is 102 cm³/mol. The Kier molecular flexibility index (Phi) is 6.42. The molecule has 0 aliphatic carbocycles. The predicted octanol–water partition coefficient (Wildman–Crippen LogP) is 3.47. The minimum Gasteiger partial charge on any atom is -0.376 e. The van der Waals surface area contributed by atoms with Gasteiger partial charge in [-0.1, -0.05) is 35.9 Å². The maximum atomic E-state index is 12.2. The van der Waals surface area contributed by atoms with Crippen molar-refractivity contribution in [2.24, 2.45) is 0 Å². The molecule has 0 atom stereocenters. The number of nitrogens with zero attached hydrogens (tertiary/aromatic N) is 1. The molecule has 0 saturated carbocycles. The van der Waals surface area contributed by atoms with E-state index < -0.39 is 0 Å². The largest absolute Gasteiger partial charge is 0.376 e. The van der Waals surface area contributed by atoms with Gasteiger partial charge in [0.25, 0.3) is 0 Å². The van der Waals surface area contributed by atoms with E-state index in [2.05, 4.69) is 10.6 Å². The lowest BCUT2D eigenvalue weighted by molar-refractivity contribution is -0.131. The molecule has 132 valence electrons. The lowest BCUT2D eigenvalue weighted by atomic mass is 10.1. The van der Waals surface area contributed by atoms with Gasteiger partial charge >= 0.3 is 0 Å². The maximum absolute atomic E-state index is 12.2. The Morgan fingerprint density at radius 3 is 2.52 bits per heavy atom. The van der Waals surface area contributed by atoms with Crippen LogP contribution >= 0.6 is 11.6 Å². The van der Waals surface area contributed by atoms with Crippen molar-refractivity contribution in [2.45, 2.75) is 13.8 Å². The van der Waals surface area contributed by atoms with Crippen LogP contribution in [-0.4, -0.2) is 36.9 Å². The summed E-state index contributed by atoms with van der Waals surface area (Å²) in [4.78, 5) is 25.7. The fourth-order valence-electron chi connectivity index (χ4n) is 2.29. The normalized spacial score (nSPS) is 10.2. The number of carbonyl (C=O) groups is 2. The van der Waals surface area contributed by atoms with Crippen LogP contribution in [-0.2, 0) is 9.59 Å². The molecule has 25 heavy (non-hydrogen) atoms. The number of halogens is 1. The van der Waals surface area contributed by atoms with E-state index in [4.69, 9.17) is 11.6 Å². The number of benzene rings is 2. The molecule has 0 aliphatic rings. The third-order valence-corrected chi connectivity index (χ3v) is 4.11. The average Bonchev–Trinajstić information content (AvgIpc) is 2.57. The SMILES string of the molecule is Cc1ccc(C)c(NCC(=O)N(C)CC(=O)Nc2ccccc2Cl)c1. The number of amides is 2. The van der Waals surface area contributed by atoms with Gasteiger partial charge in [-0.05, 0) is 43.2 Å². The molecule has 0 unspecified atom stereocenters. The molecule has 0 heterocycles. The second kappa shape index (κ2) is 8.53. The number of rotatable bonds is 6. The summed E-state index contributed by atoms with van der Waals surface area (Å²) in [6, 6.07) is 13.0. The van der Waals surface area contributed by atoms with Crippen LogP contribution in [0.25, 0.3) is 0 Å². The van der Waals surface area contributed by atoms with Crippen molar-refractivity contribution in [3.8, 4) is 0 Å². The first kappa shape index (κ1) is 18.8. The number of carbonyl (C=O) groups excluding carboxylic acids is 2. The van der Waals surface area contributed by atoms with Crippen molar-refractivity contribution in [3.63, 3.8) is 0 Å². The van der Waals surface area contributed by atoms with E-state index in [1.165, 1.54) is 4.90 Å². The highest BCUT2D eigenvalue weighted by Crippen LogP contribution is 2.20. The van der Waals surface area contributed by atoms with E-state index in [0.717, 1.165) is 16.8 Å². The van der Waals surface area contributed by atoms with Crippen molar-refractivity contribution in [1.29, 1.82) is 0 Å². The molecule has 0 fully saturated rings. The zero-order valence-corrected chi connectivity index (χ0v) is 15.4. The van der Waals surface area contributed by atoms with E-state index in [-0.39, 0.29) is 24.9 Å². The minimum absolute atomic E-state index is 0.0431. The van der Waals surface area contributed by atoms with Gasteiger partial charge in [-0.2, -0.15) is 0 Å². The second-order valence-electron chi connectivity index (χ2n) is 5.95. The fraction of sp³-hybridized carbons (Fsp3) is 0.263. The number of para-hydroxylation sites is 1. The number of anilines is 2. The van der Waals surface area contributed by atoms with E-state index in [0.29, 0.717) is 10.7 Å². The van der Waals surface area contributed by atoms with Gasteiger partial charge in [0.1, 0.15) is 0 Å². The second-order valence-corrected chi connectivity index (χ2v) is 6.36. The van der Waals surface area contributed by atoms with Gasteiger partial charge in [0, 0.05) is 12.7 Å². The Hall–Kier alpha value is -2.53. The van der Waals surface area contributed by atoms with Crippen LogP contribution < -0.4 is 10.6 Å². The Labute approximate surface area is 153 Å². The molecule has 0 bridgehead atoms. The molecule has 2 aromatic carbocycles.